The van der Waals surface area contributed by atoms with Crippen LogP contribution in [0.2, 0.25) is 5.02 Å². The Kier molecular flexibility index (Phi) is 6.34. The lowest BCUT2D eigenvalue weighted by molar-refractivity contribution is -0.121. The smallest absolute Gasteiger partial charge is 0.338 e. The average Bonchev–Trinajstić information content (AvgIpc) is 3.17. The lowest BCUT2D eigenvalue weighted by Gasteiger charge is -2.06. The molecular formula is C15H19ClN6O4. The van der Waals surface area contributed by atoms with Crippen molar-refractivity contribution in [2.75, 3.05) is 13.1 Å². The van der Waals surface area contributed by atoms with E-state index in [4.69, 9.17) is 16.7 Å². The molecule has 0 aliphatic carbocycles. The Morgan fingerprint density at radius 3 is 2.54 bits per heavy atom. The first-order valence-corrected chi connectivity index (χ1v) is 8.17. The second-order valence-corrected chi connectivity index (χ2v) is 5.90. The van der Waals surface area contributed by atoms with Crippen LogP contribution in [0.4, 0.5) is 0 Å². The minimum atomic E-state index is -1.07. The number of aromatic nitrogens is 4. The molecule has 0 aliphatic rings. The minimum absolute atomic E-state index is 0.0662. The van der Waals surface area contributed by atoms with Gasteiger partial charge >= 0.3 is 5.97 Å². The highest BCUT2D eigenvalue weighted by Crippen LogP contribution is 2.18. The van der Waals surface area contributed by atoms with Crippen LogP contribution in [-0.2, 0) is 18.4 Å². The second-order valence-electron chi connectivity index (χ2n) is 5.52. The van der Waals surface area contributed by atoms with Crippen molar-refractivity contribution >= 4 is 29.4 Å². The number of aromatic carboxylic acids is 1. The van der Waals surface area contributed by atoms with E-state index in [1.807, 2.05) is 0 Å². The highest BCUT2D eigenvalue weighted by molar-refractivity contribution is 6.34. The fourth-order valence-electron chi connectivity index (χ4n) is 2.09. The van der Waals surface area contributed by atoms with Crippen LogP contribution in [0.3, 0.4) is 0 Å². The molecule has 3 N–H and O–H groups in total. The largest absolute Gasteiger partial charge is 0.478 e. The van der Waals surface area contributed by atoms with Gasteiger partial charge in [0.1, 0.15) is 0 Å². The van der Waals surface area contributed by atoms with E-state index in [1.54, 1.807) is 14.0 Å². The predicted octanol–water partition coefficient (Wildman–Crippen LogP) is 0.213. The van der Waals surface area contributed by atoms with Crippen molar-refractivity contribution in [3.8, 4) is 0 Å². The highest BCUT2D eigenvalue weighted by atomic mass is 35.5. The number of nitrogens with one attached hydrogen (secondary N) is 2. The summed E-state index contributed by atoms with van der Waals surface area (Å²) in [6.45, 7) is 2.48. The molecule has 140 valence electrons. The third kappa shape index (κ3) is 4.82. The number of carbonyl (C=O) groups is 3. The van der Waals surface area contributed by atoms with E-state index in [9.17, 15) is 14.4 Å². The molecule has 0 saturated heterocycles. The van der Waals surface area contributed by atoms with Crippen molar-refractivity contribution in [2.24, 2.45) is 7.05 Å². The fraction of sp³-hybridized carbons (Fsp3) is 0.400. The molecule has 0 atom stereocenters. The fourth-order valence-corrected chi connectivity index (χ4v) is 2.34. The lowest BCUT2D eigenvalue weighted by atomic mass is 10.3. The minimum Gasteiger partial charge on any atom is -0.478 e. The van der Waals surface area contributed by atoms with E-state index in [2.05, 4.69) is 20.8 Å². The van der Waals surface area contributed by atoms with Crippen molar-refractivity contribution in [2.45, 2.75) is 19.9 Å². The van der Waals surface area contributed by atoms with E-state index in [0.29, 0.717) is 10.7 Å². The van der Waals surface area contributed by atoms with Gasteiger partial charge < -0.3 is 15.7 Å². The van der Waals surface area contributed by atoms with Crippen LogP contribution in [0.25, 0.3) is 0 Å². The van der Waals surface area contributed by atoms with Gasteiger partial charge in [-0.2, -0.15) is 10.2 Å². The monoisotopic (exact) mass is 382 g/mol. The number of hydrogen-bond donors (Lipinski definition) is 3. The molecule has 2 amide bonds. The normalized spacial score (nSPS) is 10.6. The summed E-state index contributed by atoms with van der Waals surface area (Å²) < 4.78 is 2.90. The molecule has 11 heteroatoms. The number of halogens is 1. The van der Waals surface area contributed by atoms with Gasteiger partial charge in [0.25, 0.3) is 5.91 Å². The Bertz CT molecular complexity index is 828. The van der Waals surface area contributed by atoms with Gasteiger partial charge in [-0.25, -0.2) is 4.79 Å². The number of hydrogen-bond acceptors (Lipinski definition) is 5. The molecule has 2 heterocycles. The van der Waals surface area contributed by atoms with Crippen LogP contribution in [0.5, 0.6) is 0 Å². The summed E-state index contributed by atoms with van der Waals surface area (Å²) in [5, 5.41) is 22.3. The summed E-state index contributed by atoms with van der Waals surface area (Å²) in [6, 6.07) is 0. The number of rotatable bonds is 8. The van der Waals surface area contributed by atoms with Crippen molar-refractivity contribution in [3.63, 3.8) is 0 Å². The number of aryl methyl sites for hydroxylation is 2. The number of nitrogens with zero attached hydrogens (tertiary/aromatic N) is 4. The molecular weight excluding hydrogens is 364 g/mol. The van der Waals surface area contributed by atoms with E-state index in [1.165, 1.54) is 21.8 Å². The quantitative estimate of drug-likeness (QED) is 0.559. The zero-order valence-corrected chi connectivity index (χ0v) is 15.1. The zero-order chi connectivity index (χ0) is 19.3. The maximum atomic E-state index is 12.0. The maximum absolute atomic E-state index is 12.0. The summed E-state index contributed by atoms with van der Waals surface area (Å²) in [5.74, 6) is -1.72. The summed E-state index contributed by atoms with van der Waals surface area (Å²) in [5.41, 5.74) is 0.900. The molecule has 0 unspecified atom stereocenters. The van der Waals surface area contributed by atoms with Gasteiger partial charge in [-0.05, 0) is 6.92 Å². The van der Waals surface area contributed by atoms with Crippen molar-refractivity contribution in [3.05, 3.63) is 34.4 Å². The maximum Gasteiger partial charge on any atom is 0.338 e. The molecule has 2 rings (SSSR count). The molecule has 0 radical (unpaired) electrons. The third-order valence-electron chi connectivity index (χ3n) is 3.66. The van der Waals surface area contributed by atoms with Crippen LogP contribution in [0, 0.1) is 6.92 Å². The molecule has 0 aromatic carbocycles. The average molecular weight is 383 g/mol. The Balaban J connectivity index is 1.68. The van der Waals surface area contributed by atoms with Crippen molar-refractivity contribution < 1.29 is 19.5 Å². The number of carboxylic acids is 1. The van der Waals surface area contributed by atoms with Crippen molar-refractivity contribution in [1.82, 2.24) is 30.2 Å². The van der Waals surface area contributed by atoms with Gasteiger partial charge in [0.05, 0.1) is 22.5 Å². The molecule has 10 nitrogen and oxygen atoms in total. The van der Waals surface area contributed by atoms with Crippen LogP contribution in [0.1, 0.15) is 33.0 Å². The number of carbonyl (C=O) groups excluding carboxylic acids is 2. The third-order valence-corrected chi connectivity index (χ3v) is 4.11. The van der Waals surface area contributed by atoms with Gasteiger partial charge in [0.15, 0.2) is 5.69 Å². The van der Waals surface area contributed by atoms with Crippen LogP contribution >= 0.6 is 11.6 Å². The van der Waals surface area contributed by atoms with Gasteiger partial charge in [-0.1, -0.05) is 11.6 Å². The van der Waals surface area contributed by atoms with Crippen molar-refractivity contribution in [1.29, 1.82) is 0 Å². The highest BCUT2D eigenvalue weighted by Gasteiger charge is 2.17. The Hall–Kier alpha value is -2.88. The first-order chi connectivity index (χ1) is 12.3. The molecule has 0 spiro atoms. The van der Waals surface area contributed by atoms with Crippen LogP contribution < -0.4 is 10.6 Å². The van der Waals surface area contributed by atoms with E-state index in [0.717, 1.165) is 0 Å². The first kappa shape index (κ1) is 19.4. The van der Waals surface area contributed by atoms with E-state index >= 15 is 0 Å². The zero-order valence-electron chi connectivity index (χ0n) is 14.3. The summed E-state index contributed by atoms with van der Waals surface area (Å²) in [7, 11) is 1.69. The summed E-state index contributed by atoms with van der Waals surface area (Å²) in [6.07, 6.45) is 2.72. The topological polar surface area (TPSA) is 131 Å². The predicted molar refractivity (Wildman–Crippen MR) is 92.1 cm³/mol. The van der Waals surface area contributed by atoms with Gasteiger partial charge in [-0.15, -0.1) is 0 Å². The van der Waals surface area contributed by atoms with Gasteiger partial charge in [0, 0.05) is 39.3 Å². The molecule has 2 aromatic heterocycles. The molecule has 0 bridgehead atoms. The summed E-state index contributed by atoms with van der Waals surface area (Å²) in [4.78, 5) is 34.5. The first-order valence-electron chi connectivity index (χ1n) is 7.79. The molecule has 0 fully saturated rings. The van der Waals surface area contributed by atoms with Crippen LogP contribution in [0.15, 0.2) is 12.4 Å². The number of amides is 2. The molecule has 26 heavy (non-hydrogen) atoms. The second kappa shape index (κ2) is 8.48. The molecule has 2 aromatic rings. The van der Waals surface area contributed by atoms with Gasteiger partial charge in [-0.3, -0.25) is 19.0 Å². The summed E-state index contributed by atoms with van der Waals surface area (Å²) >= 11 is 6.03. The Morgan fingerprint density at radius 1 is 1.27 bits per heavy atom. The Labute approximate surface area is 154 Å². The lowest BCUT2D eigenvalue weighted by Crippen LogP contribution is -2.35. The Morgan fingerprint density at radius 2 is 1.96 bits per heavy atom. The number of carboxylic acid groups (broad SMARTS) is 1. The standard InChI is InChI=1S/C15H19ClN6O4/c1-9-12(16)13(20-21(9)2)14(24)18-5-4-17-11(23)3-6-22-8-10(7-19-22)15(25)26/h7-8H,3-6H2,1-2H3,(H,17,23)(H,18,24)(H,25,26). The van der Waals surface area contributed by atoms with Crippen LogP contribution in [-0.4, -0.2) is 55.5 Å². The van der Waals surface area contributed by atoms with E-state index < -0.39 is 11.9 Å². The van der Waals surface area contributed by atoms with E-state index in [-0.39, 0.29) is 43.2 Å². The molecule has 0 saturated carbocycles. The SMILES string of the molecule is Cc1c(Cl)c(C(=O)NCCNC(=O)CCn2cc(C(=O)O)cn2)nn1C. The van der Waals surface area contributed by atoms with Gasteiger partial charge in [0.2, 0.25) is 5.91 Å². The molecule has 0 aliphatic heterocycles.